The van der Waals surface area contributed by atoms with Crippen molar-refractivity contribution in [3.05, 3.63) is 284 Å². The van der Waals surface area contributed by atoms with Gasteiger partial charge in [0.05, 0.1) is 140 Å². The number of benzene rings is 8. The third-order valence-corrected chi connectivity index (χ3v) is 16.9. The number of carbonyl (C=O) groups excluding carboxylic acids is 4. The van der Waals surface area contributed by atoms with Crippen LogP contribution < -0.4 is 40.2 Å². The van der Waals surface area contributed by atoms with Crippen molar-refractivity contribution in [2.24, 2.45) is 0 Å². The molecule has 0 aliphatic carbocycles. The maximum Gasteiger partial charge on any atom is 0.159 e. The number of aromatic nitrogens is 4. The third kappa shape index (κ3) is 28.5. The molecule has 0 aliphatic heterocycles. The van der Waals surface area contributed by atoms with Gasteiger partial charge in [-0.05, 0) is 255 Å². The largest absolute Gasteiger partial charge is 0.494 e. The lowest BCUT2D eigenvalue weighted by Gasteiger charge is -2.15. The second-order valence-corrected chi connectivity index (χ2v) is 27.4. The number of hydrogen-bond acceptors (Lipinski definition) is 24. The Morgan fingerprint density at radius 3 is 0.886 bits per heavy atom. The summed E-state index contributed by atoms with van der Waals surface area (Å²) in [6.07, 6.45) is -3.23. The molecular weight excluding hydrogens is 1680 g/mol. The molecule has 0 amide bonds. The number of likely N-dealkylation sites (N-methyl/N-ethyl adjacent to an activating group) is 4. The Morgan fingerprint density at radius 2 is 0.652 bits per heavy atom. The molecule has 4 N–H and O–H groups in total. The minimum Gasteiger partial charge on any atom is -0.494 e. The van der Waals surface area contributed by atoms with Crippen molar-refractivity contribution in [3.63, 3.8) is 0 Å². The minimum absolute atomic E-state index is 0.0155. The van der Waals surface area contributed by atoms with Crippen LogP contribution in [-0.4, -0.2) is 171 Å². The quantitative estimate of drug-likeness (QED) is 0.0209. The molecule has 0 unspecified atom stereocenters. The number of hydrogen-bond donors (Lipinski definition) is 4. The molecule has 0 saturated carbocycles. The second kappa shape index (κ2) is 48.9. The molecule has 0 spiro atoms. The van der Waals surface area contributed by atoms with Gasteiger partial charge in [-0.15, -0.1) is 0 Å². The van der Waals surface area contributed by atoms with E-state index in [9.17, 15) is 57.8 Å². The van der Waals surface area contributed by atoms with Crippen LogP contribution in [0.2, 0.25) is 0 Å². The minimum atomic E-state index is -3.51. The van der Waals surface area contributed by atoms with E-state index in [2.05, 4.69) is 41.2 Å². The molecule has 4 aromatic heterocycles. The fraction of sp³-hybridized carbons (Fsp3) is 0.269. The number of allylic oxidation sites excluding steroid dienone is 4. The molecule has 132 heavy (non-hydrogen) atoms. The van der Waals surface area contributed by atoms with Crippen molar-refractivity contribution in [2.75, 3.05) is 130 Å². The highest BCUT2D eigenvalue weighted by Crippen LogP contribution is 2.40. The SMILES string of the molecule is [2H]/C(=C\C(=O)Cc1c(OC([2H])([2H])C([2H])([2H])[2H])c([2H])c2nc([2H])c(C#N)c(Nc3c([2H])c([2H])c(F)c(C)c3[2H])c2c1[2H])C([2H])([2H])N(C)C.[2H]/C(=C\C(=O)Cc1c(OC([2H])([2H])C([2H])([2H])[2H])c([2H])c2nc([2H])c(C#N)c(Nc3c([2H])c([2H])c(F)c(C)c3[2H])c2c1[2H])CN(C)C([2H])([2H])[2H].[2H]/C(=C\C(=O)Cc1c(OC([2H])([2H])C)c([2H])c2nc([2H])c(C#N)c(Nc3c([2H])c([2H])c(F)c(C)c3[2H])c2c1[2H])CN(C)C([2H])([2H])[2H].[2H]/C(=C\C(=O)Cc1c(OCC)c([2H])c2nc([2H])c(C#N)c(Nc3c([2H])c([2H])c(F)c(C)c3[2H])c2c1[2H])CN(C)C([2H])([2H])[2H]. The number of pyridine rings is 4. The summed E-state index contributed by atoms with van der Waals surface area (Å²) in [6, 6.07) is -9.82. The number of rotatable bonds is 36. The summed E-state index contributed by atoms with van der Waals surface area (Å²) in [5.41, 5.74) is -10.8. The number of fused-ring (bicyclic) bond motifs is 4. The molecular formula is C104H108F4N16O8. The van der Waals surface area contributed by atoms with E-state index in [4.69, 9.17) is 88.9 Å². The van der Waals surface area contributed by atoms with E-state index in [1.165, 1.54) is 49.1 Å². The van der Waals surface area contributed by atoms with Gasteiger partial charge in [-0.25, -0.2) is 17.6 Å². The lowest BCUT2D eigenvalue weighted by molar-refractivity contribution is -0.114. The summed E-state index contributed by atoms with van der Waals surface area (Å²) in [7, 11) is 6.26. The van der Waals surface area contributed by atoms with Crippen LogP contribution in [0.15, 0.2) is 194 Å². The Balaban J connectivity index is 0.000000266. The monoisotopic (exact) mass is 1840 g/mol. The molecule has 12 rings (SSSR count). The summed E-state index contributed by atoms with van der Waals surface area (Å²) in [6.45, 7) is -20.4. The number of ketones is 4. The molecule has 0 atom stereocenters. The van der Waals surface area contributed by atoms with Gasteiger partial charge in [-0.3, -0.25) is 39.1 Å². The molecule has 0 saturated heterocycles. The van der Waals surface area contributed by atoms with Gasteiger partial charge in [0, 0.05) is 191 Å². The van der Waals surface area contributed by atoms with Crippen molar-refractivity contribution in [3.8, 4) is 47.3 Å². The number of ether oxygens (including phenoxy) is 4. The van der Waals surface area contributed by atoms with Gasteiger partial charge in [-0.1, -0.05) is 24.2 Å². The van der Waals surface area contributed by atoms with Crippen LogP contribution in [0.25, 0.3) is 43.6 Å². The second-order valence-electron chi connectivity index (χ2n) is 27.4. The first-order valence-electron chi connectivity index (χ1n) is 63.7. The van der Waals surface area contributed by atoms with Crippen LogP contribution in [0.4, 0.5) is 63.1 Å². The van der Waals surface area contributed by atoms with Gasteiger partial charge >= 0.3 is 0 Å². The van der Waals surface area contributed by atoms with Gasteiger partial charge in [0.2, 0.25) is 0 Å². The van der Waals surface area contributed by atoms with E-state index in [1.54, 1.807) is 31.2 Å². The Labute approximate surface area is 839 Å². The van der Waals surface area contributed by atoms with E-state index in [-0.39, 0.29) is 86.0 Å². The zero-order chi connectivity index (χ0) is 140. The van der Waals surface area contributed by atoms with Crippen LogP contribution in [0, 0.1) is 96.3 Å². The predicted octanol–water partition coefficient (Wildman–Crippen LogP) is 19.7. The zero-order valence-corrected chi connectivity index (χ0v) is 71.6. The standard InChI is InChI=1S/4C26H27FN4O2/c4*1-5-33-25-14-24-22(13-18(25)12-21(32)7-6-10-31(3)4)26(19(15-28)16-29-24)30-20-8-9-23(27)17(2)11-20/h4*6-9,11,13-14,16H,5,10,12H2,1-4H3,(H,29,30)/b4*7-6+/i1D3,5D2,6D,8D,9D,10D2,11D,13D,14D,16D;1D3,3D3,5D2,6D,8D,9D,11D,13D,14D,16D;3D3,5D2,6D,8D,9D,11D,13D,14D,16D;3D3,6D,8D,9D,11D,13D,14D,16D. The maximum atomic E-state index is 14.4. The topological polar surface area (TPSA) is 313 Å². The Bertz CT molecular complexity index is 9220. The first-order valence-corrected chi connectivity index (χ1v) is 38.2. The number of nitrogens with one attached hydrogen (secondary N) is 4. The fourth-order valence-electron chi connectivity index (χ4n) is 11.1. The number of halogens is 4. The molecule has 0 radical (unpaired) electrons. The first-order chi connectivity index (χ1) is 83.8. The summed E-state index contributed by atoms with van der Waals surface area (Å²) >= 11 is 0. The first kappa shape index (κ1) is 50.8. The number of nitriles is 4. The van der Waals surface area contributed by atoms with E-state index < -0.39 is 422 Å². The summed E-state index contributed by atoms with van der Waals surface area (Å²) in [5, 5.41) is 48.3. The smallest absolute Gasteiger partial charge is 0.159 e. The molecule has 8 aromatic carbocycles. The van der Waals surface area contributed by atoms with Crippen molar-refractivity contribution in [2.45, 2.75) is 80.9 Å². The van der Waals surface area contributed by atoms with Crippen molar-refractivity contribution in [1.82, 2.24) is 39.5 Å². The highest BCUT2D eigenvalue weighted by Gasteiger charge is 2.23. The van der Waals surface area contributed by atoms with Crippen molar-refractivity contribution >= 4 is 112 Å². The molecule has 0 aliphatic rings. The van der Waals surface area contributed by atoms with Crippen LogP contribution in [-0.2, 0) is 44.9 Å². The van der Waals surface area contributed by atoms with Gasteiger partial charge in [-0.2, -0.15) is 21.0 Å². The van der Waals surface area contributed by atoms with Gasteiger partial charge < -0.3 is 59.8 Å². The molecule has 24 nitrogen and oxygen atoms in total. The predicted molar refractivity (Wildman–Crippen MR) is 514 cm³/mol. The Morgan fingerprint density at radius 1 is 0.394 bits per heavy atom. The Kier molecular flexibility index (Phi) is 18.8. The number of anilines is 8. The van der Waals surface area contributed by atoms with Gasteiger partial charge in [0.15, 0.2) is 23.1 Å². The van der Waals surface area contributed by atoms with Crippen molar-refractivity contribution in [1.29, 1.82) is 21.0 Å². The molecule has 28 heteroatoms. The van der Waals surface area contributed by atoms with Crippen molar-refractivity contribution < 1.29 is 126 Å². The summed E-state index contributed by atoms with van der Waals surface area (Å²) in [5.74, 6) is -10.8. The number of nitrogens with zero attached hydrogens (tertiary/aromatic N) is 12. The highest BCUT2D eigenvalue weighted by atomic mass is 19.1. The summed E-state index contributed by atoms with van der Waals surface area (Å²) in [4.78, 5) is 71.5. The lowest BCUT2D eigenvalue weighted by atomic mass is 10.0. The van der Waals surface area contributed by atoms with Gasteiger partial charge in [0.25, 0.3) is 0 Å². The average Bonchev–Trinajstić information content (AvgIpc) is 0.739. The van der Waals surface area contributed by atoms with Crippen LogP contribution >= 0.6 is 0 Å². The lowest BCUT2D eigenvalue weighted by Crippen LogP contribution is -2.11. The molecule has 680 valence electrons. The highest BCUT2D eigenvalue weighted by molar-refractivity contribution is 6.03. The summed E-state index contributed by atoms with van der Waals surface area (Å²) < 4.78 is 489. The fourth-order valence-corrected chi connectivity index (χ4v) is 11.1. The average molecular weight is 1840 g/mol. The van der Waals surface area contributed by atoms with E-state index in [0.29, 0.717) is 12.2 Å². The van der Waals surface area contributed by atoms with E-state index >= 15 is 0 Å². The maximum absolute atomic E-state index is 14.4. The zero-order valence-electron chi connectivity index (χ0n) is 123. The molecule has 0 fully saturated rings. The Hall–Kier alpha value is -15.0. The van der Waals surface area contributed by atoms with E-state index in [1.807, 2.05) is 0 Å². The number of carbonyl (C=O) groups is 4. The van der Waals surface area contributed by atoms with Crippen LogP contribution in [0.5, 0.6) is 23.0 Å². The van der Waals surface area contributed by atoms with E-state index in [0.717, 1.165) is 52.5 Å². The molecule has 0 bridgehead atoms. The third-order valence-electron chi connectivity index (χ3n) is 16.9. The van der Waals surface area contributed by atoms with Crippen LogP contribution in [0.1, 0.15) is 164 Å². The van der Waals surface area contributed by atoms with Gasteiger partial charge in [0.1, 0.15) is 70.5 Å². The normalized spacial score (nSPS) is 17.9. The van der Waals surface area contributed by atoms with Crippen LogP contribution in [0.3, 0.4) is 0 Å². The molecule has 12 aromatic rings. The molecule has 4 heterocycles.